The van der Waals surface area contributed by atoms with Gasteiger partial charge in [0.25, 0.3) is 0 Å². The Morgan fingerprint density at radius 2 is 2.22 bits per heavy atom. The van der Waals surface area contributed by atoms with Gasteiger partial charge in [-0.2, -0.15) is 0 Å². The third kappa shape index (κ3) is 1.59. The fraction of sp³-hybridized carbons (Fsp3) is 0.800. The molecule has 4 heteroatoms. The lowest BCUT2D eigenvalue weighted by molar-refractivity contribution is -0.126. The second-order valence-electron chi connectivity index (χ2n) is 2.07. The van der Waals surface area contributed by atoms with E-state index >= 15 is 0 Å². The van der Waals surface area contributed by atoms with Gasteiger partial charge in [-0.3, -0.25) is 9.10 Å². The molecule has 3 nitrogen and oxygen atoms in total. The lowest BCUT2D eigenvalue weighted by Gasteiger charge is -2.27. The van der Waals surface area contributed by atoms with Gasteiger partial charge in [0.1, 0.15) is 0 Å². The molecule has 0 radical (unpaired) electrons. The summed E-state index contributed by atoms with van der Waals surface area (Å²) >= 11 is 1.47. The van der Waals surface area contributed by atoms with Crippen molar-refractivity contribution in [2.45, 2.75) is 6.42 Å². The van der Waals surface area contributed by atoms with Crippen LogP contribution in [0.1, 0.15) is 6.42 Å². The average Bonchev–Trinajstić information content (AvgIpc) is 1.80. The third-order valence-electron chi connectivity index (χ3n) is 1.25. The Bertz CT molecular complexity index is 128. The van der Waals surface area contributed by atoms with Crippen LogP contribution in [0.4, 0.5) is 0 Å². The molecule has 0 aliphatic carbocycles. The summed E-state index contributed by atoms with van der Waals surface area (Å²) < 4.78 is 3.70. The van der Waals surface area contributed by atoms with Gasteiger partial charge < -0.3 is 0 Å². The Balaban J connectivity index is 2.44. The van der Waals surface area contributed by atoms with Gasteiger partial charge >= 0.3 is 0 Å². The van der Waals surface area contributed by atoms with E-state index in [4.69, 9.17) is 0 Å². The van der Waals surface area contributed by atoms with Gasteiger partial charge in [-0.1, -0.05) is 0 Å². The Morgan fingerprint density at radius 1 is 1.56 bits per heavy atom. The van der Waals surface area contributed by atoms with E-state index in [0.717, 1.165) is 6.54 Å². The molecule has 0 aromatic heterocycles. The van der Waals surface area contributed by atoms with Crippen molar-refractivity contribution in [3.8, 4) is 0 Å². The van der Waals surface area contributed by atoms with E-state index in [1.165, 1.54) is 12.1 Å². The summed E-state index contributed by atoms with van der Waals surface area (Å²) in [5, 5.41) is 0. The molecule has 0 unspecified atom stereocenters. The maximum atomic E-state index is 10.8. The minimum Gasteiger partial charge on any atom is -0.276 e. The average molecular weight is 146 g/mol. The summed E-state index contributed by atoms with van der Waals surface area (Å²) in [6.07, 6.45) is 0.653. The maximum Gasteiger partial charge on any atom is 0.234 e. The third-order valence-corrected chi connectivity index (χ3v) is 2.16. The Morgan fingerprint density at radius 3 is 2.67 bits per heavy atom. The molecular weight excluding hydrogens is 136 g/mol. The first-order chi connectivity index (χ1) is 4.20. The van der Waals surface area contributed by atoms with Crippen molar-refractivity contribution < 1.29 is 4.79 Å². The highest BCUT2D eigenvalue weighted by molar-refractivity contribution is 7.95. The number of amides is 1. The van der Waals surface area contributed by atoms with Crippen molar-refractivity contribution >= 4 is 18.0 Å². The lowest BCUT2D eigenvalue weighted by atomic mass is 10.4. The summed E-state index contributed by atoms with van der Waals surface area (Å²) in [6, 6.07) is 0. The standard InChI is InChI=1S/C5H10N2OS/c1-6-4-3-5(8)7(2)9-6/h3-4H2,1-2H3. The molecule has 0 bridgehead atoms. The molecule has 1 aliphatic rings. The van der Waals surface area contributed by atoms with Crippen LogP contribution in [-0.2, 0) is 4.79 Å². The normalized spacial score (nSPS) is 22.9. The molecule has 0 saturated carbocycles. The molecule has 0 aromatic rings. The lowest BCUT2D eigenvalue weighted by Crippen LogP contribution is -2.33. The highest BCUT2D eigenvalue weighted by Gasteiger charge is 2.18. The SMILES string of the molecule is CN1CCC(=O)N(C)S1. The zero-order valence-corrected chi connectivity index (χ0v) is 6.44. The molecule has 1 heterocycles. The molecule has 9 heavy (non-hydrogen) atoms. The van der Waals surface area contributed by atoms with Crippen LogP contribution < -0.4 is 0 Å². The van der Waals surface area contributed by atoms with Crippen molar-refractivity contribution in [3.63, 3.8) is 0 Å². The predicted octanol–water partition coefficient (Wildman–Crippen LogP) is 0.344. The quantitative estimate of drug-likeness (QED) is 0.460. The van der Waals surface area contributed by atoms with Gasteiger partial charge in [0.2, 0.25) is 5.91 Å². The first-order valence-corrected chi connectivity index (χ1v) is 3.59. The van der Waals surface area contributed by atoms with Crippen LogP contribution in [0, 0.1) is 0 Å². The zero-order valence-electron chi connectivity index (χ0n) is 5.63. The minimum absolute atomic E-state index is 0.220. The molecule has 52 valence electrons. The van der Waals surface area contributed by atoms with E-state index < -0.39 is 0 Å². The summed E-state index contributed by atoms with van der Waals surface area (Å²) in [6.45, 7) is 0.869. The summed E-state index contributed by atoms with van der Waals surface area (Å²) in [4.78, 5) is 10.8. The molecule has 1 amide bonds. The van der Waals surface area contributed by atoms with E-state index in [1.54, 1.807) is 11.4 Å². The van der Waals surface area contributed by atoms with Crippen LogP contribution in [-0.4, -0.2) is 35.2 Å². The van der Waals surface area contributed by atoms with Crippen molar-refractivity contribution in [3.05, 3.63) is 0 Å². The second kappa shape index (κ2) is 2.58. The van der Waals surface area contributed by atoms with Gasteiger partial charge in [-0.15, -0.1) is 0 Å². The van der Waals surface area contributed by atoms with E-state index in [0.29, 0.717) is 6.42 Å². The molecule has 1 rings (SSSR count). The molecule has 0 aromatic carbocycles. The van der Waals surface area contributed by atoms with Crippen molar-refractivity contribution in [2.24, 2.45) is 0 Å². The summed E-state index contributed by atoms with van der Waals surface area (Å²) in [5.41, 5.74) is 0. The van der Waals surface area contributed by atoms with Gasteiger partial charge in [0.05, 0.1) is 0 Å². The smallest absolute Gasteiger partial charge is 0.234 e. The molecule has 0 spiro atoms. The van der Waals surface area contributed by atoms with Crippen LogP contribution in [0.5, 0.6) is 0 Å². The summed E-state index contributed by atoms with van der Waals surface area (Å²) in [7, 11) is 3.77. The monoisotopic (exact) mass is 146 g/mol. The van der Waals surface area contributed by atoms with Gasteiger partial charge in [-0.25, -0.2) is 4.31 Å². The van der Waals surface area contributed by atoms with Crippen LogP contribution in [0.3, 0.4) is 0 Å². The molecule has 1 aliphatic heterocycles. The number of carbonyl (C=O) groups excluding carboxylic acids is 1. The summed E-state index contributed by atoms with van der Waals surface area (Å²) in [5.74, 6) is 0.220. The van der Waals surface area contributed by atoms with Crippen LogP contribution in [0.25, 0.3) is 0 Å². The molecule has 0 N–H and O–H groups in total. The largest absolute Gasteiger partial charge is 0.276 e. The van der Waals surface area contributed by atoms with Gasteiger partial charge in [-0.05, 0) is 7.05 Å². The van der Waals surface area contributed by atoms with E-state index in [9.17, 15) is 4.79 Å². The number of nitrogens with zero attached hydrogens (tertiary/aromatic N) is 2. The van der Waals surface area contributed by atoms with Crippen molar-refractivity contribution in [1.29, 1.82) is 0 Å². The first-order valence-electron chi connectivity index (χ1n) is 2.86. The predicted molar refractivity (Wildman–Crippen MR) is 37.6 cm³/mol. The first kappa shape index (κ1) is 6.89. The van der Waals surface area contributed by atoms with E-state index in [-0.39, 0.29) is 5.91 Å². The van der Waals surface area contributed by atoms with Gasteiger partial charge in [0.15, 0.2) is 0 Å². The number of carbonyl (C=O) groups is 1. The Hall–Kier alpha value is -0.220. The second-order valence-corrected chi connectivity index (χ2v) is 3.41. The highest BCUT2D eigenvalue weighted by atomic mass is 32.2. The molecule has 1 saturated heterocycles. The molecule has 1 fully saturated rings. The Labute approximate surface area is 59.3 Å². The number of hydrogen-bond acceptors (Lipinski definition) is 3. The highest BCUT2D eigenvalue weighted by Crippen LogP contribution is 2.18. The minimum atomic E-state index is 0.220. The topological polar surface area (TPSA) is 23.6 Å². The van der Waals surface area contributed by atoms with Crippen LogP contribution in [0.15, 0.2) is 0 Å². The fourth-order valence-electron chi connectivity index (χ4n) is 0.706. The Kier molecular flexibility index (Phi) is 1.97. The maximum absolute atomic E-state index is 10.8. The van der Waals surface area contributed by atoms with Crippen LogP contribution >= 0.6 is 12.1 Å². The molecular formula is C5H10N2OS. The van der Waals surface area contributed by atoms with E-state index in [2.05, 4.69) is 0 Å². The van der Waals surface area contributed by atoms with Crippen molar-refractivity contribution in [1.82, 2.24) is 8.61 Å². The van der Waals surface area contributed by atoms with Crippen LogP contribution in [0.2, 0.25) is 0 Å². The number of hydrogen-bond donors (Lipinski definition) is 0. The number of rotatable bonds is 0. The van der Waals surface area contributed by atoms with Crippen molar-refractivity contribution in [2.75, 3.05) is 20.6 Å². The zero-order chi connectivity index (χ0) is 6.85. The van der Waals surface area contributed by atoms with Gasteiger partial charge in [0, 0.05) is 32.1 Å². The molecule has 0 atom stereocenters. The fourth-order valence-corrected chi connectivity index (χ4v) is 1.48. The van der Waals surface area contributed by atoms with E-state index in [1.807, 2.05) is 11.4 Å².